The molecule has 0 unspecified atom stereocenters. The Morgan fingerprint density at radius 2 is 1.72 bits per heavy atom. The van der Waals surface area contributed by atoms with Crippen molar-refractivity contribution in [3.63, 3.8) is 0 Å². The van der Waals surface area contributed by atoms with E-state index in [-0.39, 0.29) is 42.7 Å². The lowest BCUT2D eigenvalue weighted by molar-refractivity contribution is -0.153. The molecule has 32 heavy (non-hydrogen) atoms. The van der Waals surface area contributed by atoms with Gasteiger partial charge in [-0.25, -0.2) is 13.2 Å². The number of nitrogens with zero attached hydrogens (tertiary/aromatic N) is 1. The second-order valence-electron chi connectivity index (χ2n) is 8.06. The number of carbonyl (C=O) groups is 3. The van der Waals surface area contributed by atoms with Crippen molar-refractivity contribution in [1.29, 1.82) is 0 Å². The molecule has 0 aromatic heterocycles. The highest BCUT2D eigenvalue weighted by atomic mass is 32.2. The van der Waals surface area contributed by atoms with E-state index in [4.69, 9.17) is 9.47 Å². The summed E-state index contributed by atoms with van der Waals surface area (Å²) >= 11 is 0. The van der Waals surface area contributed by atoms with E-state index in [2.05, 4.69) is 19.2 Å². The molecule has 1 amide bonds. The number of carbonyl (C=O) groups excluding carboxylic acids is 3. The molecular formula is C22H32N2O7S. The van der Waals surface area contributed by atoms with Crippen molar-refractivity contribution in [2.45, 2.75) is 44.9 Å². The van der Waals surface area contributed by atoms with Crippen LogP contribution in [0.2, 0.25) is 0 Å². The number of hydrogen-bond acceptors (Lipinski definition) is 7. The summed E-state index contributed by atoms with van der Waals surface area (Å²) in [4.78, 5) is 35.8. The molecule has 10 heteroatoms. The first-order valence-electron chi connectivity index (χ1n) is 10.9. The first-order valence-corrected chi connectivity index (χ1v) is 12.3. The van der Waals surface area contributed by atoms with Crippen LogP contribution in [-0.4, -0.2) is 63.4 Å². The van der Waals surface area contributed by atoms with Crippen LogP contribution in [0.3, 0.4) is 0 Å². The predicted molar refractivity (Wildman–Crippen MR) is 117 cm³/mol. The molecule has 0 aliphatic carbocycles. The molecule has 1 aromatic carbocycles. The number of benzene rings is 1. The van der Waals surface area contributed by atoms with Gasteiger partial charge in [-0.1, -0.05) is 13.8 Å². The highest BCUT2D eigenvalue weighted by Gasteiger charge is 2.33. The van der Waals surface area contributed by atoms with Crippen LogP contribution in [0.5, 0.6) is 0 Å². The van der Waals surface area contributed by atoms with Gasteiger partial charge < -0.3 is 14.8 Å². The van der Waals surface area contributed by atoms with E-state index < -0.39 is 27.9 Å². The molecule has 0 saturated carbocycles. The molecule has 178 valence electrons. The Bertz CT molecular complexity index is 889. The summed E-state index contributed by atoms with van der Waals surface area (Å²) in [5.41, 5.74) is 0.278. The van der Waals surface area contributed by atoms with E-state index in [1.54, 1.807) is 6.92 Å². The highest BCUT2D eigenvalue weighted by Crippen LogP contribution is 2.25. The van der Waals surface area contributed by atoms with Gasteiger partial charge in [0.25, 0.3) is 5.91 Å². The van der Waals surface area contributed by atoms with Crippen LogP contribution < -0.4 is 5.32 Å². The summed E-state index contributed by atoms with van der Waals surface area (Å²) in [7, 11) is -3.74. The largest absolute Gasteiger partial charge is 0.462 e. The smallest absolute Gasteiger partial charge is 0.338 e. The minimum Gasteiger partial charge on any atom is -0.462 e. The normalized spacial score (nSPS) is 15.4. The highest BCUT2D eigenvalue weighted by molar-refractivity contribution is 7.89. The SMILES string of the molecule is CCOC(=O)c1ccc(S(=O)(=O)N2CCC(C(=O)OCC(=O)NCCC(C)C)CC2)cc1. The number of piperidine rings is 1. The third kappa shape index (κ3) is 7.30. The maximum absolute atomic E-state index is 12.9. The Balaban J connectivity index is 1.84. The van der Waals surface area contributed by atoms with Gasteiger partial charge in [-0.05, 0) is 56.4 Å². The van der Waals surface area contributed by atoms with Gasteiger partial charge in [-0.15, -0.1) is 0 Å². The summed E-state index contributed by atoms with van der Waals surface area (Å²) in [6.07, 6.45) is 1.47. The van der Waals surface area contributed by atoms with E-state index in [0.717, 1.165) is 6.42 Å². The average molecular weight is 469 g/mol. The van der Waals surface area contributed by atoms with Crippen LogP contribution in [0.15, 0.2) is 29.2 Å². The van der Waals surface area contributed by atoms with Gasteiger partial charge in [0.15, 0.2) is 6.61 Å². The minimum atomic E-state index is -3.74. The molecule has 1 saturated heterocycles. The maximum atomic E-state index is 12.9. The van der Waals surface area contributed by atoms with Crippen molar-refractivity contribution in [2.75, 3.05) is 32.8 Å². The molecule has 1 aliphatic rings. The Morgan fingerprint density at radius 1 is 1.09 bits per heavy atom. The molecule has 1 N–H and O–H groups in total. The molecule has 9 nitrogen and oxygen atoms in total. The van der Waals surface area contributed by atoms with Gasteiger partial charge in [0.2, 0.25) is 10.0 Å². The van der Waals surface area contributed by atoms with E-state index in [0.29, 0.717) is 25.3 Å². The van der Waals surface area contributed by atoms with Crippen LogP contribution in [0.25, 0.3) is 0 Å². The number of rotatable bonds is 10. The van der Waals surface area contributed by atoms with Crippen molar-refractivity contribution >= 4 is 27.9 Å². The number of amides is 1. The topological polar surface area (TPSA) is 119 Å². The van der Waals surface area contributed by atoms with E-state index in [9.17, 15) is 22.8 Å². The molecule has 0 spiro atoms. The Morgan fingerprint density at radius 3 is 2.28 bits per heavy atom. The van der Waals surface area contributed by atoms with Crippen molar-refractivity contribution in [2.24, 2.45) is 11.8 Å². The summed E-state index contributed by atoms with van der Waals surface area (Å²) in [6.45, 7) is 6.57. The Labute approximate surface area is 189 Å². The van der Waals surface area contributed by atoms with Gasteiger partial charge in [0, 0.05) is 19.6 Å². The Kier molecular flexibility index (Phi) is 9.64. The van der Waals surface area contributed by atoms with Gasteiger partial charge in [-0.2, -0.15) is 4.31 Å². The lowest BCUT2D eigenvalue weighted by Crippen LogP contribution is -2.41. The molecule has 2 rings (SSSR count). The summed E-state index contributed by atoms with van der Waals surface area (Å²) in [6, 6.07) is 5.59. The van der Waals surface area contributed by atoms with Gasteiger partial charge in [-0.3, -0.25) is 9.59 Å². The Hall–Kier alpha value is -2.46. The van der Waals surface area contributed by atoms with Crippen LogP contribution in [0.1, 0.15) is 50.4 Å². The van der Waals surface area contributed by atoms with E-state index >= 15 is 0 Å². The van der Waals surface area contributed by atoms with E-state index in [1.165, 1.54) is 28.6 Å². The molecular weight excluding hydrogens is 436 g/mol. The fourth-order valence-electron chi connectivity index (χ4n) is 3.26. The van der Waals surface area contributed by atoms with E-state index in [1.807, 2.05) is 0 Å². The number of hydrogen-bond donors (Lipinski definition) is 1. The zero-order valence-electron chi connectivity index (χ0n) is 18.8. The van der Waals surface area contributed by atoms with Crippen molar-refractivity contribution in [1.82, 2.24) is 9.62 Å². The number of ether oxygens (including phenoxy) is 2. The third-order valence-electron chi connectivity index (χ3n) is 5.18. The lowest BCUT2D eigenvalue weighted by Gasteiger charge is -2.30. The van der Waals surface area contributed by atoms with Crippen LogP contribution >= 0.6 is 0 Å². The number of sulfonamides is 1. The minimum absolute atomic E-state index is 0.0737. The first kappa shape index (κ1) is 25.8. The lowest BCUT2D eigenvalue weighted by atomic mass is 9.98. The van der Waals surface area contributed by atoms with Gasteiger partial charge >= 0.3 is 11.9 Å². The van der Waals surface area contributed by atoms with Crippen molar-refractivity contribution in [3.05, 3.63) is 29.8 Å². The summed E-state index contributed by atoms with van der Waals surface area (Å²) in [5, 5.41) is 2.70. The summed E-state index contributed by atoms with van der Waals surface area (Å²) in [5.74, 6) is -1.32. The molecule has 0 bridgehead atoms. The van der Waals surface area contributed by atoms with Crippen LogP contribution in [-0.2, 0) is 29.1 Å². The van der Waals surface area contributed by atoms with Gasteiger partial charge in [0.05, 0.1) is 23.0 Å². The predicted octanol–water partition coefficient (Wildman–Crippen LogP) is 1.97. The molecule has 0 atom stereocenters. The molecule has 0 radical (unpaired) electrons. The average Bonchev–Trinajstić information content (AvgIpc) is 2.77. The fourth-order valence-corrected chi connectivity index (χ4v) is 4.73. The molecule has 1 heterocycles. The second-order valence-corrected chi connectivity index (χ2v) is 10.0. The third-order valence-corrected chi connectivity index (χ3v) is 7.09. The molecule has 1 aliphatic heterocycles. The first-order chi connectivity index (χ1) is 15.1. The molecule has 1 fully saturated rings. The molecule has 1 aromatic rings. The van der Waals surface area contributed by atoms with Crippen LogP contribution in [0, 0.1) is 11.8 Å². The maximum Gasteiger partial charge on any atom is 0.338 e. The van der Waals surface area contributed by atoms with Gasteiger partial charge in [0.1, 0.15) is 0 Å². The zero-order valence-corrected chi connectivity index (χ0v) is 19.7. The standard InChI is InChI=1S/C22H32N2O7S/c1-4-30-21(26)17-5-7-19(8-6-17)32(28,29)24-13-10-18(11-14-24)22(27)31-15-20(25)23-12-9-16(2)3/h5-8,16,18H,4,9-15H2,1-3H3,(H,23,25). The number of nitrogens with one attached hydrogen (secondary N) is 1. The van der Waals surface area contributed by atoms with Crippen molar-refractivity contribution < 1.29 is 32.3 Å². The fraction of sp³-hybridized carbons (Fsp3) is 0.591. The van der Waals surface area contributed by atoms with Crippen LogP contribution in [0.4, 0.5) is 0 Å². The quantitative estimate of drug-likeness (QED) is 0.521. The monoisotopic (exact) mass is 468 g/mol. The second kappa shape index (κ2) is 12.0. The zero-order chi connectivity index (χ0) is 23.7. The van der Waals surface area contributed by atoms with Crippen molar-refractivity contribution in [3.8, 4) is 0 Å². The number of esters is 2. The summed E-state index contributed by atoms with van der Waals surface area (Å²) < 4.78 is 37.1.